The molecule has 40 heavy (non-hydrogen) atoms. The van der Waals surface area contributed by atoms with Gasteiger partial charge in [0.15, 0.2) is 0 Å². The van der Waals surface area contributed by atoms with Gasteiger partial charge in [-0.15, -0.1) is 0 Å². The summed E-state index contributed by atoms with van der Waals surface area (Å²) in [5, 5.41) is 12.7. The molecule has 0 fully saturated rings. The Morgan fingerprint density at radius 3 is 2.45 bits per heavy atom. The maximum absolute atomic E-state index is 13.5. The van der Waals surface area contributed by atoms with Crippen molar-refractivity contribution in [2.75, 3.05) is 11.4 Å². The second-order valence-electron chi connectivity index (χ2n) is 10.2. The van der Waals surface area contributed by atoms with Crippen molar-refractivity contribution >= 4 is 49.6 Å². The molecule has 0 aliphatic rings. The summed E-state index contributed by atoms with van der Waals surface area (Å²) in [5.74, 6) is -1.60. The molecule has 0 saturated heterocycles. The van der Waals surface area contributed by atoms with Gasteiger partial charge in [0.05, 0.1) is 16.6 Å². The zero-order chi connectivity index (χ0) is 29.4. The number of nitrogens with zero attached hydrogens (tertiary/aromatic N) is 1. The lowest BCUT2D eigenvalue weighted by molar-refractivity contribution is -0.137. The van der Waals surface area contributed by atoms with Gasteiger partial charge in [0.1, 0.15) is 16.9 Å². The van der Waals surface area contributed by atoms with Crippen LogP contribution in [0.4, 0.5) is 14.9 Å². The number of carbonyl (C=O) groups is 2. The quantitative estimate of drug-likeness (QED) is 0.243. The first-order chi connectivity index (χ1) is 18.7. The minimum Gasteiger partial charge on any atom is -0.481 e. The van der Waals surface area contributed by atoms with Crippen LogP contribution in [0.3, 0.4) is 0 Å². The molecule has 2 aromatic heterocycles. The Kier molecular flexibility index (Phi) is 7.61. The smallest absolute Gasteiger partial charge is 0.408 e. The number of halogens is 1. The van der Waals surface area contributed by atoms with Crippen molar-refractivity contribution < 1.29 is 32.2 Å². The van der Waals surface area contributed by atoms with Crippen LogP contribution in [0.15, 0.2) is 58.4 Å². The van der Waals surface area contributed by atoms with E-state index < -0.39 is 45.1 Å². The highest BCUT2D eigenvalue weighted by Crippen LogP contribution is 2.33. The van der Waals surface area contributed by atoms with Gasteiger partial charge in [-0.1, -0.05) is 0 Å². The Hall–Kier alpha value is -4.39. The van der Waals surface area contributed by atoms with Crippen LogP contribution in [0.5, 0.6) is 0 Å². The summed E-state index contributed by atoms with van der Waals surface area (Å²) < 4.78 is 46.7. The first kappa shape index (κ1) is 28.6. The van der Waals surface area contributed by atoms with Gasteiger partial charge in [-0.3, -0.25) is 13.9 Å². The number of fused-ring (bicyclic) bond motifs is 3. The van der Waals surface area contributed by atoms with Crippen molar-refractivity contribution in [1.29, 1.82) is 0 Å². The van der Waals surface area contributed by atoms with E-state index in [0.29, 0.717) is 21.9 Å². The van der Waals surface area contributed by atoms with Gasteiger partial charge in [-0.25, -0.2) is 17.6 Å². The molecule has 1 unspecified atom stereocenters. The Labute approximate surface area is 229 Å². The van der Waals surface area contributed by atoms with Crippen LogP contribution in [0, 0.1) is 5.82 Å². The molecule has 11 nitrogen and oxygen atoms in total. The Bertz CT molecular complexity index is 1760. The number of H-pyrrole nitrogens is 2. The number of aromatic nitrogens is 2. The molecule has 0 bridgehead atoms. The van der Waals surface area contributed by atoms with E-state index in [1.165, 1.54) is 43.6 Å². The molecule has 0 aliphatic carbocycles. The van der Waals surface area contributed by atoms with E-state index in [2.05, 4.69) is 15.3 Å². The highest BCUT2D eigenvalue weighted by molar-refractivity contribution is 7.92. The molecule has 0 saturated carbocycles. The van der Waals surface area contributed by atoms with Crippen molar-refractivity contribution in [3.05, 3.63) is 70.4 Å². The molecule has 4 rings (SSSR count). The standard InChI is InChI=1S/C27H29FN4O7S/c1-27(2,3)39-26(36)31-21(11-12-22(33)34)19-14-29-24-23(19)18-13-17(9-10-20(18)30-25(24)35)40(37,38)32(4)16-7-5-15(28)6-8-16/h5-10,13-14,21,29H,11-12H2,1-4H3,(H,30,35)(H,31,36)(H,33,34). The largest absolute Gasteiger partial charge is 0.481 e. The van der Waals surface area contributed by atoms with Crippen LogP contribution in [-0.4, -0.2) is 48.2 Å². The summed E-state index contributed by atoms with van der Waals surface area (Å²) >= 11 is 0. The first-order valence-electron chi connectivity index (χ1n) is 12.3. The number of carboxylic acid groups (broad SMARTS) is 1. The molecule has 0 spiro atoms. The Balaban J connectivity index is 1.86. The molecule has 2 aromatic carbocycles. The third kappa shape index (κ3) is 5.93. The van der Waals surface area contributed by atoms with Gasteiger partial charge in [-0.2, -0.15) is 0 Å². The average molecular weight is 573 g/mol. The lowest BCUT2D eigenvalue weighted by Crippen LogP contribution is -2.35. The van der Waals surface area contributed by atoms with E-state index in [4.69, 9.17) is 4.74 Å². The van der Waals surface area contributed by atoms with Gasteiger partial charge in [-0.05, 0) is 69.7 Å². The van der Waals surface area contributed by atoms with Gasteiger partial charge in [0.2, 0.25) is 0 Å². The molecule has 13 heteroatoms. The van der Waals surface area contributed by atoms with E-state index in [0.717, 1.165) is 16.4 Å². The van der Waals surface area contributed by atoms with Crippen LogP contribution < -0.4 is 15.2 Å². The number of hydrogen-bond donors (Lipinski definition) is 4. The van der Waals surface area contributed by atoms with Crippen molar-refractivity contribution in [1.82, 2.24) is 15.3 Å². The maximum Gasteiger partial charge on any atom is 0.408 e. The van der Waals surface area contributed by atoms with E-state index in [-0.39, 0.29) is 28.9 Å². The molecule has 1 amide bonds. The zero-order valence-corrected chi connectivity index (χ0v) is 23.1. The van der Waals surface area contributed by atoms with Crippen LogP contribution in [0.2, 0.25) is 0 Å². The van der Waals surface area contributed by atoms with E-state index in [1.807, 2.05) is 0 Å². The maximum atomic E-state index is 13.5. The second-order valence-corrected chi connectivity index (χ2v) is 12.2. The average Bonchev–Trinajstić information content (AvgIpc) is 3.31. The van der Waals surface area contributed by atoms with Gasteiger partial charge >= 0.3 is 12.1 Å². The number of carboxylic acids is 1. The predicted octanol–water partition coefficient (Wildman–Crippen LogP) is 4.40. The Morgan fingerprint density at radius 1 is 1.15 bits per heavy atom. The molecule has 212 valence electrons. The third-order valence-corrected chi connectivity index (χ3v) is 7.99. The molecule has 2 heterocycles. The van der Waals surface area contributed by atoms with Gasteiger partial charge < -0.3 is 25.1 Å². The lowest BCUT2D eigenvalue weighted by atomic mass is 9.99. The number of carbonyl (C=O) groups excluding carboxylic acids is 1. The molecule has 4 N–H and O–H groups in total. The zero-order valence-electron chi connectivity index (χ0n) is 22.2. The second kappa shape index (κ2) is 10.6. The summed E-state index contributed by atoms with van der Waals surface area (Å²) in [6.45, 7) is 5.05. The summed E-state index contributed by atoms with van der Waals surface area (Å²) in [6, 6.07) is 8.27. The molecule has 0 aliphatic heterocycles. The van der Waals surface area contributed by atoms with E-state index in [1.54, 1.807) is 20.8 Å². The fourth-order valence-corrected chi connectivity index (χ4v) is 5.56. The number of ether oxygens (including phenoxy) is 1. The van der Waals surface area contributed by atoms with Crippen LogP contribution >= 0.6 is 0 Å². The van der Waals surface area contributed by atoms with Crippen molar-refractivity contribution in [3.8, 4) is 0 Å². The number of nitrogens with one attached hydrogen (secondary N) is 3. The molecular formula is C27H29FN4O7S. The van der Waals surface area contributed by atoms with Gasteiger partial charge in [0, 0.05) is 41.5 Å². The third-order valence-electron chi connectivity index (χ3n) is 6.21. The summed E-state index contributed by atoms with van der Waals surface area (Å²) in [5.41, 5.74) is -0.218. The fraction of sp³-hybridized carbons (Fsp3) is 0.296. The molecule has 4 aromatic rings. The number of benzene rings is 2. The van der Waals surface area contributed by atoms with Crippen molar-refractivity contribution in [2.24, 2.45) is 0 Å². The minimum absolute atomic E-state index is 0.0267. The van der Waals surface area contributed by atoms with Crippen molar-refractivity contribution in [2.45, 2.75) is 50.2 Å². The highest BCUT2D eigenvalue weighted by Gasteiger charge is 2.27. The van der Waals surface area contributed by atoms with Gasteiger partial charge in [0.25, 0.3) is 15.6 Å². The Morgan fingerprint density at radius 2 is 1.82 bits per heavy atom. The minimum atomic E-state index is -4.11. The number of aliphatic carboxylic acids is 1. The monoisotopic (exact) mass is 572 g/mol. The molecule has 0 radical (unpaired) electrons. The number of rotatable bonds is 8. The topological polar surface area (TPSA) is 162 Å². The number of alkyl carbamates (subject to hydrolysis) is 1. The van der Waals surface area contributed by atoms with Crippen LogP contribution in [0.1, 0.15) is 45.2 Å². The first-order valence-corrected chi connectivity index (χ1v) is 13.7. The number of anilines is 1. The fourth-order valence-electron chi connectivity index (χ4n) is 4.34. The number of amides is 1. The normalized spacial score (nSPS) is 12.8. The number of pyridine rings is 1. The SMILES string of the molecule is CN(c1ccc(F)cc1)S(=O)(=O)c1ccc2[nH]c(=O)c3[nH]cc(C(CCC(=O)O)NC(=O)OC(C)(C)C)c3c2c1. The highest BCUT2D eigenvalue weighted by atomic mass is 32.2. The van der Waals surface area contributed by atoms with Crippen molar-refractivity contribution in [3.63, 3.8) is 0 Å². The molecular weight excluding hydrogens is 543 g/mol. The molecule has 1 atom stereocenters. The predicted molar refractivity (Wildman–Crippen MR) is 147 cm³/mol. The number of aromatic amines is 2. The summed E-state index contributed by atoms with van der Waals surface area (Å²) in [7, 11) is -2.77. The number of sulfonamides is 1. The van der Waals surface area contributed by atoms with E-state index >= 15 is 0 Å². The summed E-state index contributed by atoms with van der Waals surface area (Å²) in [6.07, 6.45) is 0.377. The summed E-state index contributed by atoms with van der Waals surface area (Å²) in [4.78, 5) is 42.3. The van der Waals surface area contributed by atoms with Crippen LogP contribution in [-0.2, 0) is 19.6 Å². The number of hydrogen-bond acceptors (Lipinski definition) is 6. The van der Waals surface area contributed by atoms with E-state index in [9.17, 15) is 32.3 Å². The lowest BCUT2D eigenvalue weighted by Gasteiger charge is -2.23. The van der Waals surface area contributed by atoms with Crippen LogP contribution in [0.25, 0.3) is 21.8 Å².